The molecule has 108 valence electrons. The number of hydrogen-bond acceptors (Lipinski definition) is 3. The van der Waals surface area contributed by atoms with Gasteiger partial charge >= 0.3 is 0 Å². The molecule has 1 N–H and O–H groups in total. The minimum Gasteiger partial charge on any atom is -0.371 e. The Morgan fingerprint density at radius 1 is 1.40 bits per heavy atom. The zero-order valence-corrected chi connectivity index (χ0v) is 12.0. The Balaban J connectivity index is 1.74. The van der Waals surface area contributed by atoms with E-state index in [0.717, 1.165) is 32.5 Å². The molecule has 1 aromatic carbocycles. The van der Waals surface area contributed by atoms with Gasteiger partial charge in [0.05, 0.1) is 19.2 Å². The maximum Gasteiger partial charge on any atom is 0.239 e. The lowest BCUT2D eigenvalue weighted by Crippen LogP contribution is -2.55. The zero-order chi connectivity index (χ0) is 13.9. The van der Waals surface area contributed by atoms with E-state index >= 15 is 0 Å². The Labute approximate surface area is 120 Å². The second-order valence-corrected chi connectivity index (χ2v) is 5.51. The highest BCUT2D eigenvalue weighted by molar-refractivity contribution is 5.82. The number of carbonyl (C=O) groups is 1. The molecule has 1 amide bonds. The van der Waals surface area contributed by atoms with Crippen LogP contribution in [0.4, 0.5) is 0 Å². The van der Waals surface area contributed by atoms with E-state index < -0.39 is 0 Å². The minimum atomic E-state index is -0.0254. The molecule has 20 heavy (non-hydrogen) atoms. The Kier molecular flexibility index (Phi) is 4.03. The summed E-state index contributed by atoms with van der Waals surface area (Å²) in [7, 11) is 0. The van der Waals surface area contributed by atoms with Crippen LogP contribution in [0.15, 0.2) is 24.3 Å². The van der Waals surface area contributed by atoms with Gasteiger partial charge in [0, 0.05) is 13.1 Å². The Hall–Kier alpha value is -1.39. The molecule has 0 bridgehead atoms. The molecule has 1 fully saturated rings. The molecule has 1 aromatic rings. The van der Waals surface area contributed by atoms with Crippen molar-refractivity contribution in [2.24, 2.45) is 0 Å². The van der Waals surface area contributed by atoms with Gasteiger partial charge in [0.2, 0.25) is 5.91 Å². The van der Waals surface area contributed by atoms with Gasteiger partial charge in [-0.15, -0.1) is 0 Å². The molecule has 2 atom stereocenters. The third kappa shape index (κ3) is 2.58. The minimum absolute atomic E-state index is 0.0254. The molecule has 4 heteroatoms. The first-order chi connectivity index (χ1) is 9.79. The first kappa shape index (κ1) is 13.6. The van der Waals surface area contributed by atoms with Crippen LogP contribution in [0.5, 0.6) is 0 Å². The topological polar surface area (TPSA) is 41.6 Å². The molecule has 1 saturated heterocycles. The fraction of sp³-hybridized carbons (Fsp3) is 0.562. The van der Waals surface area contributed by atoms with Gasteiger partial charge in [0.1, 0.15) is 6.10 Å². The highest BCUT2D eigenvalue weighted by Crippen LogP contribution is 2.28. The summed E-state index contributed by atoms with van der Waals surface area (Å²) in [5.74, 6) is 0.213. The van der Waals surface area contributed by atoms with Crippen LogP contribution < -0.4 is 5.32 Å². The zero-order valence-electron chi connectivity index (χ0n) is 12.0. The van der Waals surface area contributed by atoms with Gasteiger partial charge in [-0.2, -0.15) is 0 Å². The summed E-state index contributed by atoms with van der Waals surface area (Å²) in [4.78, 5) is 14.3. The molecule has 2 heterocycles. The number of benzene rings is 1. The van der Waals surface area contributed by atoms with Crippen LogP contribution in [0.3, 0.4) is 0 Å². The summed E-state index contributed by atoms with van der Waals surface area (Å²) in [5, 5.41) is 3.27. The van der Waals surface area contributed by atoms with Crippen LogP contribution in [-0.4, -0.2) is 43.1 Å². The van der Waals surface area contributed by atoms with Crippen LogP contribution in [0, 0.1) is 0 Å². The molecule has 0 saturated carbocycles. The SMILES string of the molecule is CCC1NCCN(CC2OCCc3ccccc32)C1=O. The number of fused-ring (bicyclic) bond motifs is 1. The number of carbonyl (C=O) groups excluding carboxylic acids is 1. The lowest BCUT2D eigenvalue weighted by Gasteiger charge is -2.36. The van der Waals surface area contributed by atoms with Crippen molar-refractivity contribution in [3.05, 3.63) is 35.4 Å². The van der Waals surface area contributed by atoms with Gasteiger partial charge in [-0.05, 0) is 24.0 Å². The molecule has 2 unspecified atom stereocenters. The molecule has 4 nitrogen and oxygen atoms in total. The van der Waals surface area contributed by atoms with Crippen molar-refractivity contribution in [3.8, 4) is 0 Å². The standard InChI is InChI=1S/C16H22N2O2/c1-2-14-16(19)18(9-8-17-14)11-15-13-6-4-3-5-12(13)7-10-20-15/h3-6,14-15,17H,2,7-11H2,1H3. The average molecular weight is 274 g/mol. The van der Waals surface area contributed by atoms with Gasteiger partial charge in [-0.3, -0.25) is 4.79 Å². The molecule has 2 aliphatic rings. The van der Waals surface area contributed by atoms with Crippen LogP contribution in [0.1, 0.15) is 30.6 Å². The van der Waals surface area contributed by atoms with Crippen molar-refractivity contribution in [2.45, 2.75) is 31.9 Å². The number of rotatable bonds is 3. The lowest BCUT2D eigenvalue weighted by molar-refractivity contribution is -0.138. The molecule has 0 aromatic heterocycles. The summed E-state index contributed by atoms with van der Waals surface area (Å²) in [6, 6.07) is 8.39. The van der Waals surface area contributed by atoms with Gasteiger partial charge in [0.15, 0.2) is 0 Å². The maximum atomic E-state index is 12.4. The van der Waals surface area contributed by atoms with Gasteiger partial charge < -0.3 is 15.0 Å². The predicted molar refractivity (Wildman–Crippen MR) is 77.5 cm³/mol. The van der Waals surface area contributed by atoms with E-state index in [0.29, 0.717) is 6.54 Å². The van der Waals surface area contributed by atoms with Gasteiger partial charge in [-0.1, -0.05) is 31.2 Å². The summed E-state index contributed by atoms with van der Waals surface area (Å²) in [6.45, 7) is 5.12. The van der Waals surface area contributed by atoms with Gasteiger partial charge in [0.25, 0.3) is 0 Å². The second-order valence-electron chi connectivity index (χ2n) is 5.51. The van der Waals surface area contributed by atoms with Crippen molar-refractivity contribution in [1.82, 2.24) is 10.2 Å². The summed E-state index contributed by atoms with van der Waals surface area (Å²) in [5.41, 5.74) is 2.61. The van der Waals surface area contributed by atoms with Crippen molar-refractivity contribution in [3.63, 3.8) is 0 Å². The number of nitrogens with zero attached hydrogens (tertiary/aromatic N) is 1. The van der Waals surface area contributed by atoms with Crippen LogP contribution in [0.2, 0.25) is 0 Å². The Morgan fingerprint density at radius 2 is 2.25 bits per heavy atom. The quantitative estimate of drug-likeness (QED) is 0.908. The fourth-order valence-electron chi connectivity index (χ4n) is 3.12. The van der Waals surface area contributed by atoms with E-state index in [2.05, 4.69) is 29.6 Å². The van der Waals surface area contributed by atoms with E-state index in [4.69, 9.17) is 4.74 Å². The lowest BCUT2D eigenvalue weighted by atomic mass is 9.97. The molecule has 0 aliphatic carbocycles. The smallest absolute Gasteiger partial charge is 0.239 e. The van der Waals surface area contributed by atoms with Crippen molar-refractivity contribution >= 4 is 5.91 Å². The molecular formula is C16H22N2O2. The van der Waals surface area contributed by atoms with Gasteiger partial charge in [-0.25, -0.2) is 0 Å². The molecule has 0 radical (unpaired) electrons. The van der Waals surface area contributed by atoms with Crippen LogP contribution in [0.25, 0.3) is 0 Å². The van der Waals surface area contributed by atoms with E-state index in [1.165, 1.54) is 11.1 Å². The third-order valence-corrected chi connectivity index (χ3v) is 4.27. The summed E-state index contributed by atoms with van der Waals surface area (Å²) < 4.78 is 5.91. The Bertz CT molecular complexity index is 489. The second kappa shape index (κ2) is 5.94. The summed E-state index contributed by atoms with van der Waals surface area (Å²) in [6.07, 6.45) is 1.84. The highest BCUT2D eigenvalue weighted by atomic mass is 16.5. The van der Waals surface area contributed by atoms with Crippen molar-refractivity contribution < 1.29 is 9.53 Å². The van der Waals surface area contributed by atoms with E-state index in [1.54, 1.807) is 0 Å². The monoisotopic (exact) mass is 274 g/mol. The Morgan fingerprint density at radius 3 is 3.10 bits per heavy atom. The molecular weight excluding hydrogens is 252 g/mol. The largest absolute Gasteiger partial charge is 0.371 e. The molecule has 2 aliphatic heterocycles. The fourth-order valence-corrected chi connectivity index (χ4v) is 3.12. The average Bonchev–Trinajstić information content (AvgIpc) is 2.50. The highest BCUT2D eigenvalue weighted by Gasteiger charge is 2.30. The summed E-state index contributed by atoms with van der Waals surface area (Å²) >= 11 is 0. The number of amides is 1. The molecule has 0 spiro atoms. The molecule has 3 rings (SSSR count). The normalized spacial score (nSPS) is 26.4. The maximum absolute atomic E-state index is 12.4. The van der Waals surface area contributed by atoms with Crippen LogP contribution in [-0.2, 0) is 16.0 Å². The number of hydrogen-bond donors (Lipinski definition) is 1. The van der Waals surface area contributed by atoms with Crippen LogP contribution >= 0.6 is 0 Å². The number of ether oxygens (including phenoxy) is 1. The predicted octanol–water partition coefficient (Wildman–Crippen LogP) is 1.51. The number of piperazine rings is 1. The first-order valence-corrected chi connectivity index (χ1v) is 7.51. The van der Waals surface area contributed by atoms with E-state index in [1.807, 2.05) is 11.8 Å². The van der Waals surface area contributed by atoms with E-state index in [-0.39, 0.29) is 18.1 Å². The third-order valence-electron chi connectivity index (χ3n) is 4.27. The number of nitrogens with one attached hydrogen (secondary N) is 1. The first-order valence-electron chi connectivity index (χ1n) is 7.51. The van der Waals surface area contributed by atoms with Crippen molar-refractivity contribution in [2.75, 3.05) is 26.2 Å². The van der Waals surface area contributed by atoms with E-state index in [9.17, 15) is 4.79 Å². The van der Waals surface area contributed by atoms with Crippen molar-refractivity contribution in [1.29, 1.82) is 0 Å².